The van der Waals surface area contributed by atoms with E-state index in [1.807, 2.05) is 24.0 Å². The van der Waals surface area contributed by atoms with Crippen molar-refractivity contribution in [1.82, 2.24) is 20.1 Å². The molecular weight excluding hydrogens is 445 g/mol. The molecule has 0 saturated carbocycles. The highest BCUT2D eigenvalue weighted by molar-refractivity contribution is 6.31. The molecule has 4 aromatic rings. The van der Waals surface area contributed by atoms with Crippen LogP contribution in [0.5, 0.6) is 5.75 Å². The number of nitrogens with two attached hydrogens (primary N) is 1. The van der Waals surface area contributed by atoms with Gasteiger partial charge in [0.1, 0.15) is 18.2 Å². The second-order valence-corrected chi connectivity index (χ2v) is 8.79. The number of ether oxygens (including phenoxy) is 1. The zero-order valence-electron chi connectivity index (χ0n) is 18.2. The number of piperidine rings is 1. The summed E-state index contributed by atoms with van der Waals surface area (Å²) >= 11 is 6.17. The van der Waals surface area contributed by atoms with Gasteiger partial charge in [0.15, 0.2) is 11.4 Å². The third-order valence-corrected chi connectivity index (χ3v) is 6.42. The topological polar surface area (TPSA) is 91.1 Å². The van der Waals surface area contributed by atoms with E-state index in [0.717, 1.165) is 42.4 Å². The van der Waals surface area contributed by atoms with Crippen LogP contribution in [0.3, 0.4) is 0 Å². The van der Waals surface area contributed by atoms with Crippen molar-refractivity contribution in [2.24, 2.45) is 0 Å². The summed E-state index contributed by atoms with van der Waals surface area (Å²) < 4.78 is 28.2. The van der Waals surface area contributed by atoms with E-state index in [1.165, 1.54) is 6.07 Å². The maximum absolute atomic E-state index is 14.2. The van der Waals surface area contributed by atoms with Crippen molar-refractivity contribution in [1.29, 1.82) is 0 Å². The first-order valence-electron chi connectivity index (χ1n) is 11.0. The monoisotopic (exact) mass is 469 g/mol. The molecule has 1 aliphatic heterocycles. The zero-order valence-corrected chi connectivity index (χ0v) is 19.0. The van der Waals surface area contributed by atoms with Crippen molar-refractivity contribution in [3.8, 4) is 16.9 Å². The van der Waals surface area contributed by atoms with Gasteiger partial charge in [-0.25, -0.2) is 9.37 Å². The SMILES string of the molecule is CC(Cc1c(F)cccc1Cl)Oc1c(N)ncc2c(-c3cnn(C4CCNCC4)c3)coc12. The summed E-state index contributed by atoms with van der Waals surface area (Å²) in [4.78, 5) is 4.31. The third kappa shape index (κ3) is 4.28. The standard InChI is InChI=1S/C24H25ClFN5O2/c1-14(9-17-20(25)3-2-4-21(17)26)33-23-22-18(11-29-24(23)27)19(13-32-22)15-10-30-31(12-15)16-5-7-28-8-6-16/h2-4,10-14,16,28H,5-9H2,1H3,(H2,27,29). The number of furan rings is 1. The summed E-state index contributed by atoms with van der Waals surface area (Å²) in [6, 6.07) is 5.00. The highest BCUT2D eigenvalue weighted by Gasteiger charge is 2.22. The van der Waals surface area contributed by atoms with Crippen molar-refractivity contribution in [2.75, 3.05) is 18.8 Å². The summed E-state index contributed by atoms with van der Waals surface area (Å²) in [5, 5.41) is 9.09. The van der Waals surface area contributed by atoms with Gasteiger partial charge in [-0.1, -0.05) is 17.7 Å². The Hall–Kier alpha value is -3.10. The largest absolute Gasteiger partial charge is 0.483 e. The summed E-state index contributed by atoms with van der Waals surface area (Å²) in [5.41, 5.74) is 8.83. The van der Waals surface area contributed by atoms with Gasteiger partial charge in [-0.15, -0.1) is 0 Å². The molecule has 1 unspecified atom stereocenters. The molecule has 0 amide bonds. The Labute approximate surface area is 195 Å². The molecule has 1 saturated heterocycles. The first kappa shape index (κ1) is 21.7. The quantitative estimate of drug-likeness (QED) is 0.413. The summed E-state index contributed by atoms with van der Waals surface area (Å²) in [5.74, 6) is 0.179. The van der Waals surface area contributed by atoms with Crippen LogP contribution in [0.1, 0.15) is 31.4 Å². The smallest absolute Gasteiger partial charge is 0.205 e. The average molecular weight is 470 g/mol. The van der Waals surface area contributed by atoms with Crippen molar-refractivity contribution >= 4 is 28.4 Å². The van der Waals surface area contributed by atoms with Crippen LogP contribution < -0.4 is 15.8 Å². The van der Waals surface area contributed by atoms with Crippen molar-refractivity contribution in [3.63, 3.8) is 0 Å². The molecule has 0 spiro atoms. The molecule has 3 aromatic heterocycles. The average Bonchev–Trinajstić information content (AvgIpc) is 3.46. The molecule has 7 nitrogen and oxygen atoms in total. The van der Waals surface area contributed by atoms with E-state index >= 15 is 0 Å². The molecule has 1 atom stereocenters. The summed E-state index contributed by atoms with van der Waals surface area (Å²) in [6.07, 6.45) is 9.19. The van der Waals surface area contributed by atoms with Gasteiger partial charge in [-0.3, -0.25) is 4.68 Å². The Morgan fingerprint density at radius 3 is 2.94 bits per heavy atom. The molecule has 1 aromatic carbocycles. The molecule has 0 radical (unpaired) electrons. The van der Waals surface area contributed by atoms with E-state index in [9.17, 15) is 4.39 Å². The van der Waals surface area contributed by atoms with E-state index in [1.54, 1.807) is 24.6 Å². The lowest BCUT2D eigenvalue weighted by Gasteiger charge is -2.22. The minimum absolute atomic E-state index is 0.209. The van der Waals surface area contributed by atoms with Crippen molar-refractivity contribution in [3.05, 3.63) is 59.5 Å². The summed E-state index contributed by atoms with van der Waals surface area (Å²) in [7, 11) is 0. The summed E-state index contributed by atoms with van der Waals surface area (Å²) in [6.45, 7) is 3.82. The van der Waals surface area contributed by atoms with Gasteiger partial charge < -0.3 is 20.2 Å². The van der Waals surface area contributed by atoms with Crippen molar-refractivity contribution < 1.29 is 13.5 Å². The fourth-order valence-electron chi connectivity index (χ4n) is 4.32. The van der Waals surface area contributed by atoms with Crippen LogP contribution in [0.4, 0.5) is 10.2 Å². The molecule has 1 aliphatic rings. The number of nitrogens with one attached hydrogen (secondary N) is 1. The highest BCUT2D eigenvalue weighted by Crippen LogP contribution is 2.38. The molecule has 172 valence electrons. The molecule has 5 rings (SSSR count). The molecule has 0 aliphatic carbocycles. The molecule has 1 fully saturated rings. The number of nitrogen functional groups attached to an aromatic ring is 1. The van der Waals surface area contributed by atoms with E-state index in [2.05, 4.69) is 15.4 Å². The lowest BCUT2D eigenvalue weighted by Crippen LogP contribution is -2.29. The first-order valence-corrected chi connectivity index (χ1v) is 11.4. The molecule has 0 bridgehead atoms. The number of anilines is 1. The predicted molar refractivity (Wildman–Crippen MR) is 126 cm³/mol. The Morgan fingerprint density at radius 2 is 2.15 bits per heavy atom. The Morgan fingerprint density at radius 1 is 1.33 bits per heavy atom. The number of rotatable bonds is 6. The third-order valence-electron chi connectivity index (χ3n) is 6.07. The van der Waals surface area contributed by atoms with Crippen molar-refractivity contribution in [2.45, 2.75) is 38.3 Å². The lowest BCUT2D eigenvalue weighted by atomic mass is 10.1. The number of aromatic nitrogens is 3. The number of hydrogen-bond donors (Lipinski definition) is 2. The fraction of sp³-hybridized carbons (Fsp3) is 0.333. The van der Waals surface area contributed by atoms with Gasteiger partial charge in [0.05, 0.1) is 17.6 Å². The van der Waals surface area contributed by atoms with Gasteiger partial charge in [-0.05, 0) is 45.0 Å². The highest BCUT2D eigenvalue weighted by atomic mass is 35.5. The molecular formula is C24H25ClFN5O2. The number of fused-ring (bicyclic) bond motifs is 1. The van der Waals surface area contributed by atoms with Crippen LogP contribution in [0.25, 0.3) is 22.1 Å². The number of halogens is 2. The van der Waals surface area contributed by atoms with Crippen LogP contribution in [0.15, 0.2) is 47.5 Å². The number of nitrogens with zero attached hydrogens (tertiary/aromatic N) is 3. The predicted octanol–water partition coefficient (Wildman–Crippen LogP) is 5.00. The van der Waals surface area contributed by atoms with Gasteiger partial charge in [0.25, 0.3) is 0 Å². The normalized spacial score (nSPS) is 15.7. The Kier molecular flexibility index (Phi) is 5.95. The minimum Gasteiger partial charge on any atom is -0.483 e. The van der Waals surface area contributed by atoms with E-state index in [4.69, 9.17) is 26.5 Å². The Bertz CT molecular complexity index is 1260. The van der Waals surface area contributed by atoms with Crippen LogP contribution in [-0.4, -0.2) is 34.0 Å². The van der Waals surface area contributed by atoms with E-state index in [0.29, 0.717) is 28.0 Å². The molecule has 3 N–H and O–H groups in total. The molecule has 9 heteroatoms. The second kappa shape index (κ2) is 9.03. The van der Waals surface area contributed by atoms with E-state index in [-0.39, 0.29) is 18.1 Å². The minimum atomic E-state index is -0.412. The lowest BCUT2D eigenvalue weighted by molar-refractivity contribution is 0.221. The van der Waals surface area contributed by atoms with Gasteiger partial charge in [0.2, 0.25) is 5.75 Å². The second-order valence-electron chi connectivity index (χ2n) is 8.39. The number of benzene rings is 1. The van der Waals surface area contributed by atoms with Crippen LogP contribution in [-0.2, 0) is 6.42 Å². The molecule has 33 heavy (non-hydrogen) atoms. The van der Waals surface area contributed by atoms with Gasteiger partial charge >= 0.3 is 0 Å². The molecule has 4 heterocycles. The number of hydrogen-bond acceptors (Lipinski definition) is 6. The Balaban J connectivity index is 1.42. The number of pyridine rings is 1. The fourth-order valence-corrected chi connectivity index (χ4v) is 4.56. The van der Waals surface area contributed by atoms with E-state index < -0.39 is 6.10 Å². The van der Waals surface area contributed by atoms with Gasteiger partial charge in [-0.2, -0.15) is 5.10 Å². The maximum atomic E-state index is 14.2. The van der Waals surface area contributed by atoms with Gasteiger partial charge in [0, 0.05) is 40.5 Å². The first-order chi connectivity index (χ1) is 16.0. The van der Waals surface area contributed by atoms with Crippen LogP contribution in [0.2, 0.25) is 5.02 Å². The van der Waals surface area contributed by atoms with Crippen LogP contribution in [0, 0.1) is 5.82 Å². The van der Waals surface area contributed by atoms with Crippen LogP contribution >= 0.6 is 11.6 Å². The maximum Gasteiger partial charge on any atom is 0.205 e. The zero-order chi connectivity index (χ0) is 22.9.